The van der Waals surface area contributed by atoms with Crippen molar-refractivity contribution in [2.45, 2.75) is 32.7 Å². The lowest BCUT2D eigenvalue weighted by atomic mass is 9.99. The molecule has 2 aromatic rings. The van der Waals surface area contributed by atoms with Crippen LogP contribution in [0, 0.1) is 5.41 Å². The molecule has 3 rings (SSSR count). The van der Waals surface area contributed by atoms with E-state index in [2.05, 4.69) is 18.8 Å². The van der Waals surface area contributed by atoms with Gasteiger partial charge in [-0.05, 0) is 37.3 Å². The maximum Gasteiger partial charge on any atom is 0.265 e. The molecule has 1 fully saturated rings. The maximum atomic E-state index is 12.5. The van der Waals surface area contributed by atoms with Crippen LogP contribution >= 0.6 is 11.3 Å². The molecule has 0 aliphatic heterocycles. The standard InChI is InChI=1S/C15H18N2O2S/c1-10(15(2)6-7-15)17(3)14(18)12-9-16-13(20-12)11-5-4-8-19-11/h4-5,8-10H,6-7H2,1-3H3. The molecule has 20 heavy (non-hydrogen) atoms. The molecule has 1 saturated carbocycles. The molecule has 0 N–H and O–H groups in total. The summed E-state index contributed by atoms with van der Waals surface area (Å²) in [6.45, 7) is 4.36. The van der Waals surface area contributed by atoms with Crippen molar-refractivity contribution >= 4 is 17.2 Å². The summed E-state index contributed by atoms with van der Waals surface area (Å²) in [5.41, 5.74) is 0.291. The summed E-state index contributed by atoms with van der Waals surface area (Å²) in [5, 5.41) is 0.747. The number of rotatable bonds is 4. The van der Waals surface area contributed by atoms with Gasteiger partial charge in [0.2, 0.25) is 0 Å². The zero-order valence-electron chi connectivity index (χ0n) is 11.9. The van der Waals surface area contributed by atoms with Gasteiger partial charge >= 0.3 is 0 Å². The van der Waals surface area contributed by atoms with Crippen LogP contribution in [0.15, 0.2) is 29.0 Å². The van der Waals surface area contributed by atoms with Gasteiger partial charge in [0.05, 0.1) is 12.5 Å². The lowest BCUT2D eigenvalue weighted by Crippen LogP contribution is -2.39. The Morgan fingerprint density at radius 3 is 2.90 bits per heavy atom. The quantitative estimate of drug-likeness (QED) is 0.863. The van der Waals surface area contributed by atoms with Crippen molar-refractivity contribution in [1.82, 2.24) is 9.88 Å². The fourth-order valence-electron chi connectivity index (χ4n) is 2.32. The van der Waals surface area contributed by atoms with E-state index in [4.69, 9.17) is 4.42 Å². The Bertz CT molecular complexity index is 614. The van der Waals surface area contributed by atoms with Crippen molar-refractivity contribution < 1.29 is 9.21 Å². The summed E-state index contributed by atoms with van der Waals surface area (Å²) in [6.07, 6.45) is 5.65. The van der Waals surface area contributed by atoms with Crippen LogP contribution in [0.3, 0.4) is 0 Å². The lowest BCUT2D eigenvalue weighted by molar-refractivity contribution is 0.0689. The fraction of sp³-hybridized carbons (Fsp3) is 0.467. The first-order chi connectivity index (χ1) is 9.51. The highest BCUT2D eigenvalue weighted by atomic mass is 32.1. The van der Waals surface area contributed by atoms with Crippen LogP contribution in [0.2, 0.25) is 0 Å². The predicted octanol–water partition coefficient (Wildman–Crippen LogP) is 3.66. The summed E-state index contributed by atoms with van der Waals surface area (Å²) < 4.78 is 5.31. The minimum absolute atomic E-state index is 0.0425. The Kier molecular flexibility index (Phi) is 3.17. The van der Waals surface area contributed by atoms with E-state index in [0.29, 0.717) is 16.1 Å². The van der Waals surface area contributed by atoms with E-state index in [0.717, 1.165) is 5.01 Å². The molecule has 106 valence electrons. The van der Waals surface area contributed by atoms with Crippen molar-refractivity contribution in [1.29, 1.82) is 0 Å². The molecule has 5 heteroatoms. The van der Waals surface area contributed by atoms with Gasteiger partial charge in [-0.2, -0.15) is 0 Å². The first-order valence-corrected chi connectivity index (χ1v) is 7.60. The molecule has 0 radical (unpaired) electrons. The van der Waals surface area contributed by atoms with Gasteiger partial charge in [-0.3, -0.25) is 4.79 Å². The van der Waals surface area contributed by atoms with Gasteiger partial charge in [0.1, 0.15) is 4.88 Å². The summed E-state index contributed by atoms with van der Waals surface area (Å²) in [7, 11) is 1.88. The van der Waals surface area contributed by atoms with Crippen LogP contribution in [-0.4, -0.2) is 28.9 Å². The SMILES string of the molecule is CC(N(C)C(=O)c1cnc(-c2ccco2)s1)C1(C)CC1. The summed E-state index contributed by atoms with van der Waals surface area (Å²) in [5.74, 6) is 0.750. The highest BCUT2D eigenvalue weighted by Gasteiger charge is 2.45. The van der Waals surface area contributed by atoms with Crippen LogP contribution in [0.1, 0.15) is 36.4 Å². The van der Waals surface area contributed by atoms with Gasteiger partial charge in [0, 0.05) is 13.1 Å². The van der Waals surface area contributed by atoms with Gasteiger partial charge < -0.3 is 9.32 Å². The number of aromatic nitrogens is 1. The second-order valence-electron chi connectivity index (χ2n) is 5.75. The third-order valence-electron chi connectivity index (χ3n) is 4.40. The monoisotopic (exact) mass is 290 g/mol. The maximum absolute atomic E-state index is 12.5. The molecular formula is C15H18N2O2S. The average molecular weight is 290 g/mol. The normalized spacial score (nSPS) is 17.8. The molecule has 0 spiro atoms. The van der Waals surface area contributed by atoms with E-state index < -0.39 is 0 Å². The molecule has 2 heterocycles. The Balaban J connectivity index is 1.77. The van der Waals surface area contributed by atoms with Gasteiger partial charge in [-0.15, -0.1) is 11.3 Å². The number of furan rings is 1. The minimum Gasteiger partial charge on any atom is -0.462 e. The third-order valence-corrected chi connectivity index (χ3v) is 5.40. The summed E-state index contributed by atoms with van der Waals surface area (Å²) in [6, 6.07) is 3.93. The van der Waals surface area contributed by atoms with Crippen LogP contribution in [0.4, 0.5) is 0 Å². The summed E-state index contributed by atoms with van der Waals surface area (Å²) >= 11 is 1.38. The summed E-state index contributed by atoms with van der Waals surface area (Å²) in [4.78, 5) is 19.3. The predicted molar refractivity (Wildman–Crippen MR) is 78.7 cm³/mol. The van der Waals surface area contributed by atoms with Gasteiger partial charge in [-0.1, -0.05) is 6.92 Å². The van der Waals surface area contributed by atoms with Gasteiger partial charge in [0.15, 0.2) is 10.8 Å². The highest BCUT2D eigenvalue weighted by Crippen LogP contribution is 2.49. The van der Waals surface area contributed by atoms with Crippen LogP contribution in [-0.2, 0) is 0 Å². The molecule has 0 bridgehead atoms. The van der Waals surface area contributed by atoms with Crippen molar-refractivity contribution in [3.63, 3.8) is 0 Å². The van der Waals surface area contributed by atoms with Crippen molar-refractivity contribution in [2.24, 2.45) is 5.41 Å². The molecule has 1 atom stereocenters. The molecule has 2 aromatic heterocycles. The molecule has 4 nitrogen and oxygen atoms in total. The minimum atomic E-state index is 0.0425. The van der Waals surface area contributed by atoms with Crippen LogP contribution in [0.5, 0.6) is 0 Å². The van der Waals surface area contributed by atoms with Crippen LogP contribution in [0.25, 0.3) is 10.8 Å². The van der Waals surface area contributed by atoms with E-state index in [9.17, 15) is 4.79 Å². The van der Waals surface area contributed by atoms with E-state index >= 15 is 0 Å². The fourth-order valence-corrected chi connectivity index (χ4v) is 3.19. The second-order valence-corrected chi connectivity index (χ2v) is 6.78. The average Bonchev–Trinajstić information content (AvgIpc) is 2.94. The number of thiazole rings is 1. The zero-order chi connectivity index (χ0) is 14.3. The Labute approximate surface area is 122 Å². The van der Waals surface area contributed by atoms with Crippen molar-refractivity contribution in [3.8, 4) is 10.8 Å². The molecule has 1 unspecified atom stereocenters. The first kappa shape index (κ1) is 13.4. The molecule has 1 aliphatic carbocycles. The number of nitrogens with zero attached hydrogens (tertiary/aromatic N) is 2. The highest BCUT2D eigenvalue weighted by molar-refractivity contribution is 7.16. The van der Waals surface area contributed by atoms with Crippen molar-refractivity contribution in [3.05, 3.63) is 29.5 Å². The number of hydrogen-bond donors (Lipinski definition) is 0. The van der Waals surface area contributed by atoms with E-state index in [1.807, 2.05) is 24.1 Å². The molecular weight excluding hydrogens is 272 g/mol. The number of carbonyl (C=O) groups is 1. The number of carbonyl (C=O) groups excluding carboxylic acids is 1. The topological polar surface area (TPSA) is 46.3 Å². The Morgan fingerprint density at radius 1 is 1.55 bits per heavy atom. The number of hydrogen-bond acceptors (Lipinski definition) is 4. The molecule has 0 saturated heterocycles. The van der Waals surface area contributed by atoms with E-state index in [-0.39, 0.29) is 11.9 Å². The van der Waals surface area contributed by atoms with Crippen molar-refractivity contribution in [2.75, 3.05) is 7.05 Å². The second kappa shape index (κ2) is 4.74. The Morgan fingerprint density at radius 2 is 2.30 bits per heavy atom. The van der Waals surface area contributed by atoms with E-state index in [1.54, 1.807) is 12.5 Å². The van der Waals surface area contributed by atoms with Crippen LogP contribution < -0.4 is 0 Å². The molecule has 1 amide bonds. The van der Waals surface area contributed by atoms with E-state index in [1.165, 1.54) is 24.2 Å². The zero-order valence-corrected chi connectivity index (χ0v) is 12.7. The van der Waals surface area contributed by atoms with Gasteiger partial charge in [-0.25, -0.2) is 4.98 Å². The number of amides is 1. The third kappa shape index (κ3) is 2.26. The Hall–Kier alpha value is -1.62. The van der Waals surface area contributed by atoms with Gasteiger partial charge in [0.25, 0.3) is 5.91 Å². The lowest BCUT2D eigenvalue weighted by Gasteiger charge is -2.29. The largest absolute Gasteiger partial charge is 0.462 e. The molecule has 0 aromatic carbocycles. The first-order valence-electron chi connectivity index (χ1n) is 6.78. The molecule has 1 aliphatic rings. The smallest absolute Gasteiger partial charge is 0.265 e.